The summed E-state index contributed by atoms with van der Waals surface area (Å²) in [4.78, 5) is 20.2. The van der Waals surface area contributed by atoms with Gasteiger partial charge in [0.15, 0.2) is 0 Å². The summed E-state index contributed by atoms with van der Waals surface area (Å²) >= 11 is 0. The van der Waals surface area contributed by atoms with Gasteiger partial charge in [0.1, 0.15) is 5.69 Å². The van der Waals surface area contributed by atoms with Crippen molar-refractivity contribution >= 4 is 5.91 Å². The van der Waals surface area contributed by atoms with Crippen LogP contribution in [-0.4, -0.2) is 52.9 Å². The highest BCUT2D eigenvalue weighted by atomic mass is 16.1. The van der Waals surface area contributed by atoms with Crippen LogP contribution in [0.25, 0.3) is 0 Å². The maximum atomic E-state index is 11.1. The Bertz CT molecular complexity index is 439. The van der Waals surface area contributed by atoms with Crippen molar-refractivity contribution in [1.29, 1.82) is 0 Å². The average Bonchev–Trinajstić information content (AvgIpc) is 2.39. The number of rotatable bonds is 4. The molecule has 0 spiro atoms. The maximum absolute atomic E-state index is 11.1. The topological polar surface area (TPSA) is 62.5 Å². The van der Waals surface area contributed by atoms with Crippen molar-refractivity contribution in [3.8, 4) is 0 Å². The molecule has 2 rings (SSSR count). The third kappa shape index (κ3) is 3.75. The molecule has 2 heterocycles. The molecule has 0 atom stereocenters. The summed E-state index contributed by atoms with van der Waals surface area (Å²) in [6, 6.07) is 6.05. The Hall–Kier alpha value is -1.46. The Morgan fingerprint density at radius 2 is 2.00 bits per heavy atom. The molecule has 0 unspecified atom stereocenters. The fourth-order valence-corrected chi connectivity index (χ4v) is 2.37. The first-order valence-corrected chi connectivity index (χ1v) is 6.78. The quantitative estimate of drug-likeness (QED) is 0.868. The van der Waals surface area contributed by atoms with E-state index >= 15 is 0 Å². The monoisotopic (exact) mass is 262 g/mol. The molecule has 1 amide bonds. The van der Waals surface area contributed by atoms with Crippen LogP contribution in [0.15, 0.2) is 18.2 Å². The molecule has 0 saturated carbocycles. The van der Waals surface area contributed by atoms with E-state index in [2.05, 4.69) is 28.6 Å². The Morgan fingerprint density at radius 3 is 2.58 bits per heavy atom. The van der Waals surface area contributed by atoms with Gasteiger partial charge in [-0.25, -0.2) is 4.98 Å². The summed E-state index contributed by atoms with van der Waals surface area (Å²) in [6.07, 6.45) is 0. The maximum Gasteiger partial charge on any atom is 0.267 e. The summed E-state index contributed by atoms with van der Waals surface area (Å²) in [5.74, 6) is -0.466. The first-order valence-electron chi connectivity index (χ1n) is 6.78. The van der Waals surface area contributed by atoms with Gasteiger partial charge in [0.25, 0.3) is 5.91 Å². The molecule has 1 aliphatic heterocycles. The van der Waals surface area contributed by atoms with Crippen molar-refractivity contribution in [3.63, 3.8) is 0 Å². The Morgan fingerprint density at radius 1 is 1.32 bits per heavy atom. The van der Waals surface area contributed by atoms with Gasteiger partial charge in [-0.2, -0.15) is 0 Å². The van der Waals surface area contributed by atoms with Crippen LogP contribution in [0.1, 0.15) is 30.0 Å². The van der Waals surface area contributed by atoms with Crippen molar-refractivity contribution in [3.05, 3.63) is 29.6 Å². The summed E-state index contributed by atoms with van der Waals surface area (Å²) in [6.45, 7) is 9.51. The highest BCUT2D eigenvalue weighted by Crippen LogP contribution is 2.09. The van der Waals surface area contributed by atoms with Crippen LogP contribution in [-0.2, 0) is 6.54 Å². The highest BCUT2D eigenvalue weighted by molar-refractivity contribution is 5.90. The lowest BCUT2D eigenvalue weighted by atomic mass is 10.2. The van der Waals surface area contributed by atoms with Crippen molar-refractivity contribution in [1.82, 2.24) is 14.8 Å². The molecule has 1 aromatic rings. The van der Waals surface area contributed by atoms with Crippen LogP contribution in [0, 0.1) is 0 Å². The third-order valence-corrected chi connectivity index (χ3v) is 3.58. The average molecular weight is 262 g/mol. The summed E-state index contributed by atoms with van der Waals surface area (Å²) in [7, 11) is 0. The first kappa shape index (κ1) is 14.0. The number of hydrogen-bond donors (Lipinski definition) is 1. The van der Waals surface area contributed by atoms with Gasteiger partial charge >= 0.3 is 0 Å². The van der Waals surface area contributed by atoms with Crippen LogP contribution in [0.3, 0.4) is 0 Å². The van der Waals surface area contributed by atoms with E-state index in [9.17, 15) is 4.79 Å². The van der Waals surface area contributed by atoms with E-state index < -0.39 is 5.91 Å². The smallest absolute Gasteiger partial charge is 0.267 e. The van der Waals surface area contributed by atoms with E-state index in [-0.39, 0.29) is 0 Å². The lowest BCUT2D eigenvalue weighted by Crippen LogP contribution is -2.48. The molecule has 19 heavy (non-hydrogen) atoms. The second-order valence-electron chi connectivity index (χ2n) is 5.28. The fraction of sp³-hybridized carbons (Fsp3) is 0.571. The molecular weight excluding hydrogens is 240 g/mol. The number of pyridine rings is 1. The molecule has 1 aromatic heterocycles. The van der Waals surface area contributed by atoms with E-state index in [1.165, 1.54) is 0 Å². The van der Waals surface area contributed by atoms with Crippen molar-refractivity contribution in [2.24, 2.45) is 5.73 Å². The minimum absolute atomic E-state index is 0.346. The van der Waals surface area contributed by atoms with Gasteiger partial charge in [-0.1, -0.05) is 6.07 Å². The van der Waals surface area contributed by atoms with Crippen molar-refractivity contribution < 1.29 is 4.79 Å². The lowest BCUT2D eigenvalue weighted by molar-refractivity contribution is 0.0988. The SMILES string of the molecule is CC(C)N1CCN(Cc2cccc(C(N)=O)n2)CC1. The standard InChI is InChI=1S/C14H22N4O/c1-11(2)18-8-6-17(7-9-18)10-12-4-3-5-13(16-12)14(15)19/h3-5,11H,6-10H2,1-2H3,(H2,15,19). The number of piperazine rings is 1. The largest absolute Gasteiger partial charge is 0.364 e. The minimum atomic E-state index is -0.466. The number of carbonyl (C=O) groups is 1. The highest BCUT2D eigenvalue weighted by Gasteiger charge is 2.19. The molecule has 104 valence electrons. The first-order chi connectivity index (χ1) is 9.06. The zero-order chi connectivity index (χ0) is 13.8. The summed E-state index contributed by atoms with van der Waals surface area (Å²) in [5, 5.41) is 0. The van der Waals surface area contributed by atoms with Gasteiger partial charge in [-0.05, 0) is 26.0 Å². The van der Waals surface area contributed by atoms with Crippen LogP contribution < -0.4 is 5.73 Å². The molecule has 1 saturated heterocycles. The number of carbonyl (C=O) groups excluding carboxylic acids is 1. The number of amides is 1. The lowest BCUT2D eigenvalue weighted by Gasteiger charge is -2.36. The molecule has 1 fully saturated rings. The number of aromatic nitrogens is 1. The molecule has 0 aromatic carbocycles. The summed E-state index contributed by atoms with van der Waals surface area (Å²) < 4.78 is 0. The van der Waals surface area contributed by atoms with Crippen LogP contribution in [0.4, 0.5) is 0 Å². The van der Waals surface area contributed by atoms with Gasteiger partial charge in [0.05, 0.1) is 5.69 Å². The van der Waals surface area contributed by atoms with Crippen LogP contribution >= 0.6 is 0 Å². The molecule has 0 aliphatic carbocycles. The zero-order valence-electron chi connectivity index (χ0n) is 11.7. The molecule has 0 bridgehead atoms. The third-order valence-electron chi connectivity index (χ3n) is 3.58. The normalized spacial score (nSPS) is 17.8. The van der Waals surface area contributed by atoms with Crippen molar-refractivity contribution in [2.45, 2.75) is 26.4 Å². The molecule has 1 aliphatic rings. The van der Waals surface area contributed by atoms with Crippen molar-refractivity contribution in [2.75, 3.05) is 26.2 Å². The second kappa shape index (κ2) is 6.12. The number of nitrogens with zero attached hydrogens (tertiary/aromatic N) is 3. The Kier molecular flexibility index (Phi) is 4.50. The van der Waals surface area contributed by atoms with Gasteiger partial charge in [0, 0.05) is 38.8 Å². The molecular formula is C14H22N4O. The Balaban J connectivity index is 1.92. The fourth-order valence-electron chi connectivity index (χ4n) is 2.37. The van der Waals surface area contributed by atoms with E-state index in [0.717, 1.165) is 38.4 Å². The summed E-state index contributed by atoms with van der Waals surface area (Å²) in [5.41, 5.74) is 6.50. The second-order valence-corrected chi connectivity index (χ2v) is 5.28. The molecule has 0 radical (unpaired) electrons. The molecule has 2 N–H and O–H groups in total. The number of nitrogens with two attached hydrogens (primary N) is 1. The Labute approximate surface area is 114 Å². The minimum Gasteiger partial charge on any atom is -0.364 e. The van der Waals surface area contributed by atoms with Gasteiger partial charge < -0.3 is 5.73 Å². The molecule has 5 nitrogen and oxygen atoms in total. The van der Waals surface area contributed by atoms with Gasteiger partial charge in [0.2, 0.25) is 0 Å². The predicted molar refractivity (Wildman–Crippen MR) is 74.7 cm³/mol. The zero-order valence-corrected chi connectivity index (χ0v) is 11.7. The molecule has 5 heteroatoms. The van der Waals surface area contributed by atoms with E-state index in [4.69, 9.17) is 5.73 Å². The van der Waals surface area contributed by atoms with E-state index in [1.807, 2.05) is 12.1 Å². The van der Waals surface area contributed by atoms with E-state index in [0.29, 0.717) is 11.7 Å². The van der Waals surface area contributed by atoms with Gasteiger partial charge in [-0.3, -0.25) is 14.6 Å². The number of primary amides is 1. The predicted octanol–water partition coefficient (Wildman–Crippen LogP) is 0.707. The van der Waals surface area contributed by atoms with E-state index in [1.54, 1.807) is 6.07 Å². The number of hydrogen-bond acceptors (Lipinski definition) is 4. The van der Waals surface area contributed by atoms with Gasteiger partial charge in [-0.15, -0.1) is 0 Å². The van der Waals surface area contributed by atoms with Crippen LogP contribution in [0.2, 0.25) is 0 Å². The van der Waals surface area contributed by atoms with Crippen LogP contribution in [0.5, 0.6) is 0 Å².